The van der Waals surface area contributed by atoms with Gasteiger partial charge in [0.25, 0.3) is 0 Å². The Morgan fingerprint density at radius 2 is 1.84 bits per heavy atom. The SMILES string of the molecule is COc1ccc(-c2oc3c(c2CC(=O)NC[C@@H]2CCCN4CCCC[C@H]24)c(=O)oc2ccccc23)cc1. The van der Waals surface area contributed by atoms with E-state index in [0.29, 0.717) is 57.5 Å². The average Bonchev–Trinajstić information content (AvgIpc) is 3.32. The Hall–Kier alpha value is -3.58. The van der Waals surface area contributed by atoms with Crippen LogP contribution >= 0.6 is 0 Å². The number of amides is 1. The summed E-state index contributed by atoms with van der Waals surface area (Å²) in [5, 5.41) is 4.22. The fourth-order valence-electron chi connectivity index (χ4n) is 6.19. The summed E-state index contributed by atoms with van der Waals surface area (Å²) in [6.07, 6.45) is 6.11. The van der Waals surface area contributed by atoms with Crippen LogP contribution in [0.25, 0.3) is 33.3 Å². The van der Waals surface area contributed by atoms with E-state index in [-0.39, 0.29) is 12.3 Å². The van der Waals surface area contributed by atoms with Gasteiger partial charge in [0.05, 0.1) is 18.9 Å². The molecule has 2 atom stereocenters. The third kappa shape index (κ3) is 4.53. The molecule has 7 nitrogen and oxygen atoms in total. The third-order valence-corrected chi connectivity index (χ3v) is 8.03. The number of benzene rings is 2. The van der Waals surface area contributed by atoms with Crippen molar-refractivity contribution >= 4 is 27.8 Å². The van der Waals surface area contributed by atoms with Crippen LogP contribution in [0, 0.1) is 5.92 Å². The Morgan fingerprint density at radius 3 is 2.68 bits per heavy atom. The Labute approximate surface area is 215 Å². The van der Waals surface area contributed by atoms with Crippen LogP contribution in [0.1, 0.15) is 37.7 Å². The molecule has 2 aliphatic rings. The van der Waals surface area contributed by atoms with Gasteiger partial charge < -0.3 is 23.8 Å². The molecule has 0 aliphatic carbocycles. The molecule has 1 N–H and O–H groups in total. The predicted octanol–water partition coefficient (Wildman–Crippen LogP) is 5.14. The van der Waals surface area contributed by atoms with E-state index in [9.17, 15) is 9.59 Å². The van der Waals surface area contributed by atoms with Crippen molar-refractivity contribution in [2.75, 3.05) is 26.7 Å². The number of nitrogens with one attached hydrogen (secondary N) is 1. The highest BCUT2D eigenvalue weighted by molar-refractivity contribution is 6.05. The number of carbonyl (C=O) groups excluding carboxylic acids is 1. The van der Waals surface area contributed by atoms with Gasteiger partial charge in [0.15, 0.2) is 5.58 Å². The summed E-state index contributed by atoms with van der Waals surface area (Å²) < 4.78 is 17.3. The predicted molar refractivity (Wildman–Crippen MR) is 143 cm³/mol. The van der Waals surface area contributed by atoms with Crippen LogP contribution in [0.2, 0.25) is 0 Å². The second-order valence-electron chi connectivity index (χ2n) is 10.2. The van der Waals surface area contributed by atoms with Crippen molar-refractivity contribution in [1.82, 2.24) is 10.2 Å². The lowest BCUT2D eigenvalue weighted by Gasteiger charge is -2.44. The minimum Gasteiger partial charge on any atom is -0.497 e. The lowest BCUT2D eigenvalue weighted by atomic mass is 9.83. The van der Waals surface area contributed by atoms with E-state index < -0.39 is 5.63 Å². The molecule has 2 aromatic heterocycles. The highest BCUT2D eigenvalue weighted by Gasteiger charge is 2.33. The maximum atomic E-state index is 13.3. The summed E-state index contributed by atoms with van der Waals surface area (Å²) in [7, 11) is 1.61. The number of methoxy groups -OCH3 is 1. The number of ether oxygens (including phenoxy) is 1. The fraction of sp³-hybridized carbons (Fsp3) is 0.400. The van der Waals surface area contributed by atoms with E-state index in [1.165, 1.54) is 38.8 Å². The monoisotopic (exact) mass is 500 g/mol. The number of carbonyl (C=O) groups is 1. The minimum atomic E-state index is -0.495. The van der Waals surface area contributed by atoms with Crippen molar-refractivity contribution in [3.63, 3.8) is 0 Å². The molecule has 0 saturated carbocycles. The first-order valence-electron chi connectivity index (χ1n) is 13.2. The number of hydrogen-bond acceptors (Lipinski definition) is 6. The van der Waals surface area contributed by atoms with Crippen LogP contribution in [0.3, 0.4) is 0 Å². The van der Waals surface area contributed by atoms with E-state index in [2.05, 4.69) is 10.2 Å². The molecule has 6 rings (SSSR count). The Balaban J connectivity index is 1.33. The van der Waals surface area contributed by atoms with Crippen LogP contribution < -0.4 is 15.7 Å². The van der Waals surface area contributed by atoms with Crippen LogP contribution in [0.15, 0.2) is 62.2 Å². The van der Waals surface area contributed by atoms with Crippen molar-refractivity contribution in [2.24, 2.45) is 5.92 Å². The molecule has 0 bridgehead atoms. The van der Waals surface area contributed by atoms with E-state index in [1.54, 1.807) is 13.2 Å². The zero-order valence-electron chi connectivity index (χ0n) is 21.1. The molecule has 37 heavy (non-hydrogen) atoms. The molecule has 4 heterocycles. The maximum Gasteiger partial charge on any atom is 0.347 e. The Morgan fingerprint density at radius 1 is 1.03 bits per heavy atom. The first-order valence-corrected chi connectivity index (χ1v) is 13.2. The molecule has 7 heteroatoms. The van der Waals surface area contributed by atoms with E-state index in [1.807, 2.05) is 42.5 Å². The second kappa shape index (κ2) is 10.1. The van der Waals surface area contributed by atoms with Crippen molar-refractivity contribution in [2.45, 2.75) is 44.6 Å². The smallest absolute Gasteiger partial charge is 0.347 e. The highest BCUT2D eigenvalue weighted by atomic mass is 16.5. The molecule has 2 aliphatic heterocycles. The van der Waals surface area contributed by atoms with Crippen LogP contribution in [0.5, 0.6) is 5.75 Å². The zero-order valence-corrected chi connectivity index (χ0v) is 21.1. The summed E-state index contributed by atoms with van der Waals surface area (Å²) in [5.74, 6) is 1.58. The normalized spacial score (nSPS) is 20.1. The third-order valence-electron chi connectivity index (χ3n) is 8.03. The standard InChI is InChI=1S/C30H32N2O5/c1-35-21-13-11-19(12-14-21)28-23(27-29(37-28)22-8-2-3-10-25(22)36-30(27)34)17-26(33)31-18-20-7-6-16-32-15-5-4-9-24(20)32/h2-3,8,10-14,20,24H,4-7,9,15-18H2,1H3,(H,31,33)/t20-,24+/m0/s1. The summed E-state index contributed by atoms with van der Waals surface area (Å²) in [5.41, 5.74) is 1.74. The molecule has 2 aromatic carbocycles. The lowest BCUT2D eigenvalue weighted by Crippen LogP contribution is -2.51. The van der Waals surface area contributed by atoms with Gasteiger partial charge in [0, 0.05) is 23.7 Å². The molecular weight excluding hydrogens is 468 g/mol. The number of rotatable bonds is 6. The molecule has 0 radical (unpaired) electrons. The van der Waals surface area contributed by atoms with Gasteiger partial charge in [0.2, 0.25) is 5.91 Å². The summed E-state index contributed by atoms with van der Waals surface area (Å²) in [4.78, 5) is 29.0. The molecule has 0 spiro atoms. The molecular formula is C30H32N2O5. The van der Waals surface area contributed by atoms with Gasteiger partial charge in [-0.1, -0.05) is 18.6 Å². The lowest BCUT2D eigenvalue weighted by molar-refractivity contribution is -0.120. The largest absolute Gasteiger partial charge is 0.497 e. The Bertz CT molecular complexity index is 1480. The summed E-state index contributed by atoms with van der Waals surface area (Å²) in [6.45, 7) is 3.00. The van der Waals surface area contributed by atoms with E-state index >= 15 is 0 Å². The molecule has 192 valence electrons. The van der Waals surface area contributed by atoms with Gasteiger partial charge in [0.1, 0.15) is 22.5 Å². The molecule has 2 fully saturated rings. The second-order valence-corrected chi connectivity index (χ2v) is 10.2. The minimum absolute atomic E-state index is 0.0402. The summed E-state index contributed by atoms with van der Waals surface area (Å²) >= 11 is 0. The van der Waals surface area contributed by atoms with Gasteiger partial charge in [-0.3, -0.25) is 4.79 Å². The number of para-hydroxylation sites is 1. The first kappa shape index (κ1) is 23.8. The molecule has 1 amide bonds. The average molecular weight is 501 g/mol. The number of fused-ring (bicyclic) bond motifs is 4. The first-order chi connectivity index (χ1) is 18.1. The zero-order chi connectivity index (χ0) is 25.4. The summed E-state index contributed by atoms with van der Waals surface area (Å²) in [6, 6.07) is 15.3. The van der Waals surface area contributed by atoms with Gasteiger partial charge in [-0.2, -0.15) is 0 Å². The maximum absolute atomic E-state index is 13.3. The van der Waals surface area contributed by atoms with Crippen LogP contribution in [-0.2, 0) is 11.2 Å². The topological polar surface area (TPSA) is 84.9 Å². The van der Waals surface area contributed by atoms with Gasteiger partial charge >= 0.3 is 5.63 Å². The highest BCUT2D eigenvalue weighted by Crippen LogP contribution is 2.37. The number of nitrogens with zero attached hydrogens (tertiary/aromatic N) is 1. The van der Waals surface area contributed by atoms with E-state index in [4.69, 9.17) is 13.6 Å². The van der Waals surface area contributed by atoms with Gasteiger partial charge in [-0.25, -0.2) is 4.79 Å². The number of hydrogen-bond donors (Lipinski definition) is 1. The molecule has 0 unspecified atom stereocenters. The van der Waals surface area contributed by atoms with Crippen molar-refractivity contribution in [1.29, 1.82) is 0 Å². The fourth-order valence-corrected chi connectivity index (χ4v) is 6.19. The van der Waals surface area contributed by atoms with Crippen molar-refractivity contribution in [3.8, 4) is 17.1 Å². The Kier molecular flexibility index (Phi) is 6.47. The van der Waals surface area contributed by atoms with Crippen molar-refractivity contribution in [3.05, 3.63) is 64.5 Å². The number of furan rings is 1. The molecule has 2 saturated heterocycles. The van der Waals surface area contributed by atoms with Crippen molar-refractivity contribution < 1.29 is 18.4 Å². The number of piperidine rings is 2. The van der Waals surface area contributed by atoms with E-state index in [0.717, 1.165) is 12.0 Å². The van der Waals surface area contributed by atoms with Gasteiger partial charge in [-0.05, 0) is 81.1 Å². The van der Waals surface area contributed by atoms with Crippen LogP contribution in [-0.4, -0.2) is 43.6 Å². The molecule has 4 aromatic rings. The van der Waals surface area contributed by atoms with Gasteiger partial charge in [-0.15, -0.1) is 0 Å². The quantitative estimate of drug-likeness (QED) is 0.369. The van der Waals surface area contributed by atoms with Crippen LogP contribution in [0.4, 0.5) is 0 Å².